The fraction of sp³-hybridized carbons (Fsp3) is 0.308. The number of hydrogen-bond acceptors (Lipinski definition) is 4. The Balaban J connectivity index is 1.90. The minimum atomic E-state index is 0.0629. The second-order valence-corrected chi connectivity index (χ2v) is 5.05. The molecule has 0 bridgehead atoms. The fourth-order valence-electron chi connectivity index (χ4n) is 1.48. The summed E-state index contributed by atoms with van der Waals surface area (Å²) in [6.07, 6.45) is 0. The predicted molar refractivity (Wildman–Crippen MR) is 76.0 cm³/mol. The number of ketones is 1. The van der Waals surface area contributed by atoms with Gasteiger partial charge in [-0.05, 0) is 31.2 Å². The highest BCUT2D eigenvalue weighted by atomic mass is 32.2. The van der Waals surface area contributed by atoms with Gasteiger partial charge in [0, 0.05) is 0 Å². The molecule has 4 nitrogen and oxygen atoms in total. The van der Waals surface area contributed by atoms with Gasteiger partial charge in [-0.15, -0.1) is 0 Å². The highest BCUT2D eigenvalue weighted by Gasteiger charge is 2.20. The molecule has 0 aromatic heterocycles. The first-order chi connectivity index (χ1) is 8.65. The molecular formula is C13H15N3OS. The van der Waals surface area contributed by atoms with Gasteiger partial charge in [0.1, 0.15) is 6.54 Å². The third-order valence-electron chi connectivity index (χ3n) is 2.45. The van der Waals surface area contributed by atoms with Crippen molar-refractivity contribution in [2.45, 2.75) is 19.9 Å². The van der Waals surface area contributed by atoms with Gasteiger partial charge in [-0.1, -0.05) is 30.3 Å². The summed E-state index contributed by atoms with van der Waals surface area (Å²) in [5.41, 5.74) is 1.18. The van der Waals surface area contributed by atoms with Crippen LogP contribution in [0.2, 0.25) is 0 Å². The van der Waals surface area contributed by atoms with Gasteiger partial charge in [0.15, 0.2) is 16.1 Å². The fourth-order valence-corrected chi connectivity index (χ4v) is 2.15. The highest BCUT2D eigenvalue weighted by molar-refractivity contribution is 8.29. The standard InChI is InChI=1S/C13H15N3OS/c1-9(17)8-14-12-16-13(18-12)15-10(2)11-6-4-3-5-7-11/h3-7,10H,8H2,1-2H3,(H,14,15,16). The summed E-state index contributed by atoms with van der Waals surface area (Å²) in [6, 6.07) is 10.2. The minimum absolute atomic E-state index is 0.0629. The number of aliphatic imine (C=N–C) groups is 2. The van der Waals surface area contributed by atoms with Gasteiger partial charge < -0.3 is 5.32 Å². The van der Waals surface area contributed by atoms with Gasteiger partial charge in [0.05, 0.1) is 6.04 Å². The van der Waals surface area contributed by atoms with E-state index in [1.807, 2.05) is 18.2 Å². The van der Waals surface area contributed by atoms with Crippen LogP contribution < -0.4 is 5.32 Å². The molecule has 5 heteroatoms. The van der Waals surface area contributed by atoms with Crippen LogP contribution >= 0.6 is 11.8 Å². The molecule has 1 fully saturated rings. The first kappa shape index (κ1) is 12.8. The molecule has 1 N–H and O–H groups in total. The smallest absolute Gasteiger partial charge is 0.171 e. The van der Waals surface area contributed by atoms with Crippen molar-refractivity contribution in [3.8, 4) is 0 Å². The van der Waals surface area contributed by atoms with E-state index in [1.165, 1.54) is 24.2 Å². The molecule has 1 heterocycles. The third kappa shape index (κ3) is 3.43. The second-order valence-electron chi connectivity index (χ2n) is 4.07. The number of hydrogen-bond donors (Lipinski definition) is 1. The van der Waals surface area contributed by atoms with Crippen LogP contribution in [0.25, 0.3) is 0 Å². The molecule has 0 saturated carbocycles. The molecule has 94 valence electrons. The van der Waals surface area contributed by atoms with E-state index < -0.39 is 0 Å². The van der Waals surface area contributed by atoms with E-state index in [4.69, 9.17) is 0 Å². The van der Waals surface area contributed by atoms with Crippen LogP contribution in [-0.4, -0.2) is 22.7 Å². The molecule has 1 aromatic carbocycles. The van der Waals surface area contributed by atoms with E-state index in [2.05, 4.69) is 34.4 Å². The average molecular weight is 261 g/mol. The van der Waals surface area contributed by atoms with Crippen molar-refractivity contribution in [2.75, 3.05) is 6.54 Å². The Hall–Kier alpha value is -1.62. The van der Waals surface area contributed by atoms with Gasteiger partial charge in [-0.2, -0.15) is 0 Å². The van der Waals surface area contributed by atoms with E-state index >= 15 is 0 Å². The monoisotopic (exact) mass is 261 g/mol. The van der Waals surface area contributed by atoms with Crippen molar-refractivity contribution in [2.24, 2.45) is 9.98 Å². The zero-order valence-electron chi connectivity index (χ0n) is 10.4. The summed E-state index contributed by atoms with van der Waals surface area (Å²) in [6.45, 7) is 3.81. The highest BCUT2D eigenvalue weighted by Crippen LogP contribution is 2.22. The number of benzene rings is 1. The quantitative estimate of drug-likeness (QED) is 0.905. The predicted octanol–water partition coefficient (Wildman–Crippen LogP) is 2.39. The minimum Gasteiger partial charge on any atom is -0.314 e. The Kier molecular flexibility index (Phi) is 4.15. The number of amidine groups is 2. The summed E-state index contributed by atoms with van der Waals surface area (Å²) in [7, 11) is 0. The first-order valence-corrected chi connectivity index (χ1v) is 6.58. The second kappa shape index (κ2) is 5.82. The average Bonchev–Trinajstić information content (AvgIpc) is 2.32. The summed E-state index contributed by atoms with van der Waals surface area (Å²) in [4.78, 5) is 19.4. The summed E-state index contributed by atoms with van der Waals surface area (Å²) >= 11 is 1.48. The number of rotatable bonds is 4. The molecule has 0 aliphatic carbocycles. The Bertz CT molecular complexity index is 486. The van der Waals surface area contributed by atoms with Crippen molar-refractivity contribution < 1.29 is 4.79 Å². The third-order valence-corrected chi connectivity index (χ3v) is 3.27. The summed E-state index contributed by atoms with van der Waals surface area (Å²) < 4.78 is 0. The lowest BCUT2D eigenvalue weighted by atomic mass is 10.1. The van der Waals surface area contributed by atoms with Crippen molar-refractivity contribution in [1.29, 1.82) is 0 Å². The Morgan fingerprint density at radius 2 is 2.00 bits per heavy atom. The number of Topliss-reactive ketones (excluding diaryl/α,β-unsaturated/α-hetero) is 1. The molecule has 1 aliphatic heterocycles. The number of nitrogens with one attached hydrogen (secondary N) is 1. The van der Waals surface area contributed by atoms with Gasteiger partial charge in [-0.3, -0.25) is 14.8 Å². The Labute approximate surface area is 111 Å². The number of carbonyl (C=O) groups is 1. The summed E-state index contributed by atoms with van der Waals surface area (Å²) in [5.74, 6) is 0.0629. The van der Waals surface area contributed by atoms with Crippen molar-refractivity contribution in [3.63, 3.8) is 0 Å². The Morgan fingerprint density at radius 1 is 1.33 bits per heavy atom. The molecular weight excluding hydrogens is 246 g/mol. The van der Waals surface area contributed by atoms with Crippen molar-refractivity contribution in [1.82, 2.24) is 5.32 Å². The maximum absolute atomic E-state index is 10.8. The molecule has 1 atom stereocenters. The van der Waals surface area contributed by atoms with E-state index in [9.17, 15) is 4.79 Å². The number of carbonyl (C=O) groups excluding carboxylic acids is 1. The van der Waals surface area contributed by atoms with E-state index in [0.29, 0.717) is 0 Å². The maximum atomic E-state index is 10.8. The molecule has 1 aliphatic rings. The molecule has 1 aromatic rings. The van der Waals surface area contributed by atoms with Gasteiger partial charge in [-0.25, -0.2) is 0 Å². The zero-order chi connectivity index (χ0) is 13.0. The lowest BCUT2D eigenvalue weighted by Crippen LogP contribution is -2.39. The van der Waals surface area contributed by atoms with Crippen LogP contribution in [0, 0.1) is 0 Å². The molecule has 2 rings (SSSR count). The van der Waals surface area contributed by atoms with Crippen LogP contribution in [0.5, 0.6) is 0 Å². The molecule has 0 radical (unpaired) electrons. The van der Waals surface area contributed by atoms with Gasteiger partial charge in [0.2, 0.25) is 0 Å². The zero-order valence-corrected chi connectivity index (χ0v) is 11.2. The van der Waals surface area contributed by atoms with Crippen molar-refractivity contribution >= 4 is 27.9 Å². The Morgan fingerprint density at radius 3 is 2.61 bits per heavy atom. The molecule has 0 amide bonds. The largest absolute Gasteiger partial charge is 0.314 e. The lowest BCUT2D eigenvalue weighted by Gasteiger charge is -2.21. The van der Waals surface area contributed by atoms with Crippen LogP contribution in [0.3, 0.4) is 0 Å². The van der Waals surface area contributed by atoms with Crippen molar-refractivity contribution in [3.05, 3.63) is 35.9 Å². The maximum Gasteiger partial charge on any atom is 0.171 e. The normalized spacial score (nSPS) is 20.3. The first-order valence-electron chi connectivity index (χ1n) is 5.76. The van der Waals surface area contributed by atoms with Crippen LogP contribution in [0.1, 0.15) is 25.5 Å². The number of nitrogens with zero attached hydrogens (tertiary/aromatic N) is 2. The van der Waals surface area contributed by atoms with Crippen LogP contribution in [0.15, 0.2) is 40.3 Å². The van der Waals surface area contributed by atoms with E-state index in [1.54, 1.807) is 0 Å². The van der Waals surface area contributed by atoms with Gasteiger partial charge >= 0.3 is 0 Å². The molecule has 1 saturated heterocycles. The topological polar surface area (TPSA) is 53.8 Å². The van der Waals surface area contributed by atoms with E-state index in [-0.39, 0.29) is 18.4 Å². The SMILES string of the molecule is CC(=O)CN=C1NC(=NC(C)c2ccccc2)S1. The molecule has 0 spiro atoms. The van der Waals surface area contributed by atoms with Gasteiger partial charge in [0.25, 0.3) is 0 Å². The molecule has 1 unspecified atom stereocenters. The lowest BCUT2D eigenvalue weighted by molar-refractivity contribution is -0.115. The molecule has 18 heavy (non-hydrogen) atoms. The van der Waals surface area contributed by atoms with Crippen LogP contribution in [0.4, 0.5) is 0 Å². The number of thioether (sulfide) groups is 1. The summed E-state index contributed by atoms with van der Waals surface area (Å²) in [5, 5.41) is 4.67. The van der Waals surface area contributed by atoms with E-state index in [0.717, 1.165) is 10.3 Å². The van der Waals surface area contributed by atoms with Crippen LogP contribution in [-0.2, 0) is 4.79 Å².